The Bertz CT molecular complexity index is 301. The highest BCUT2D eigenvalue weighted by molar-refractivity contribution is 5.85. The molecule has 2 fully saturated rings. The highest BCUT2D eigenvalue weighted by atomic mass is 35.5. The lowest BCUT2D eigenvalue weighted by molar-refractivity contribution is -0.124. The summed E-state index contributed by atoms with van der Waals surface area (Å²) in [4.78, 5) is 12.0. The van der Waals surface area contributed by atoms with E-state index in [4.69, 9.17) is 10.5 Å². The molecule has 0 spiro atoms. The van der Waals surface area contributed by atoms with Crippen LogP contribution >= 0.6 is 12.4 Å². The molecule has 0 aromatic rings. The van der Waals surface area contributed by atoms with Crippen molar-refractivity contribution in [1.82, 2.24) is 5.32 Å². The molecule has 0 aromatic carbocycles. The summed E-state index contributed by atoms with van der Waals surface area (Å²) in [6.45, 7) is 1.92. The Balaban J connectivity index is 0.00000220. The molecule has 3 N–H and O–H groups in total. The highest BCUT2D eigenvalue weighted by Crippen LogP contribution is 2.38. The average Bonchev–Trinajstić information content (AvgIpc) is 2.98. The van der Waals surface area contributed by atoms with Gasteiger partial charge in [-0.05, 0) is 37.6 Å². The van der Waals surface area contributed by atoms with Crippen LogP contribution in [-0.4, -0.2) is 31.7 Å². The molecule has 0 aromatic heterocycles. The van der Waals surface area contributed by atoms with Gasteiger partial charge in [0.15, 0.2) is 0 Å². The number of carbonyl (C=O) groups excluding carboxylic acids is 1. The molecular formula is C16H31ClN2O2. The molecule has 124 valence electrons. The zero-order chi connectivity index (χ0) is 14.3. The van der Waals surface area contributed by atoms with Crippen LogP contribution in [0.5, 0.6) is 0 Å². The van der Waals surface area contributed by atoms with Crippen LogP contribution in [0.4, 0.5) is 0 Å². The fraction of sp³-hybridized carbons (Fsp3) is 0.938. The molecule has 2 aliphatic rings. The van der Waals surface area contributed by atoms with Gasteiger partial charge in [0.05, 0.1) is 12.7 Å². The Hall–Kier alpha value is -0.320. The first-order valence-corrected chi connectivity index (χ1v) is 8.32. The van der Waals surface area contributed by atoms with E-state index in [2.05, 4.69) is 5.32 Å². The van der Waals surface area contributed by atoms with Crippen LogP contribution in [0.1, 0.15) is 64.2 Å². The Morgan fingerprint density at radius 2 is 1.81 bits per heavy atom. The first-order chi connectivity index (χ1) is 9.74. The van der Waals surface area contributed by atoms with Crippen molar-refractivity contribution in [3.05, 3.63) is 0 Å². The molecule has 5 heteroatoms. The number of hydrogen-bond donors (Lipinski definition) is 2. The summed E-state index contributed by atoms with van der Waals surface area (Å²) in [5.41, 5.74) is 5.98. The summed E-state index contributed by atoms with van der Waals surface area (Å²) in [5.74, 6) is 0.146. The topological polar surface area (TPSA) is 64.4 Å². The summed E-state index contributed by atoms with van der Waals surface area (Å²) in [7, 11) is 0. The third-order valence-electron chi connectivity index (χ3n) is 4.96. The van der Waals surface area contributed by atoms with E-state index >= 15 is 0 Å². The summed E-state index contributed by atoms with van der Waals surface area (Å²) < 4.78 is 5.76. The Labute approximate surface area is 135 Å². The second-order valence-corrected chi connectivity index (χ2v) is 6.57. The van der Waals surface area contributed by atoms with Crippen molar-refractivity contribution in [3.8, 4) is 0 Å². The highest BCUT2D eigenvalue weighted by Gasteiger charge is 2.32. The van der Waals surface area contributed by atoms with Crippen LogP contribution in [0.3, 0.4) is 0 Å². The van der Waals surface area contributed by atoms with Gasteiger partial charge in [-0.3, -0.25) is 4.79 Å². The molecule has 2 aliphatic carbocycles. The summed E-state index contributed by atoms with van der Waals surface area (Å²) in [6.07, 6.45) is 11.9. The van der Waals surface area contributed by atoms with Gasteiger partial charge in [0.1, 0.15) is 0 Å². The predicted molar refractivity (Wildman–Crippen MR) is 87.7 cm³/mol. The number of halogens is 1. The number of amides is 1. The van der Waals surface area contributed by atoms with Crippen LogP contribution in [0.25, 0.3) is 0 Å². The number of nitrogens with one attached hydrogen (secondary N) is 1. The van der Waals surface area contributed by atoms with Crippen molar-refractivity contribution in [2.24, 2.45) is 11.1 Å². The van der Waals surface area contributed by atoms with Gasteiger partial charge < -0.3 is 15.8 Å². The van der Waals surface area contributed by atoms with E-state index < -0.39 is 0 Å². The Morgan fingerprint density at radius 3 is 2.43 bits per heavy atom. The van der Waals surface area contributed by atoms with E-state index in [0.717, 1.165) is 12.8 Å². The van der Waals surface area contributed by atoms with Crippen LogP contribution in [0.2, 0.25) is 0 Å². The molecule has 0 saturated heterocycles. The second-order valence-electron chi connectivity index (χ2n) is 6.57. The van der Waals surface area contributed by atoms with Crippen LogP contribution in [0, 0.1) is 5.41 Å². The largest absolute Gasteiger partial charge is 0.376 e. The minimum atomic E-state index is 0. The number of hydrogen-bond acceptors (Lipinski definition) is 3. The van der Waals surface area contributed by atoms with E-state index in [-0.39, 0.29) is 23.7 Å². The van der Waals surface area contributed by atoms with Crippen molar-refractivity contribution in [2.45, 2.75) is 70.3 Å². The average molecular weight is 319 g/mol. The van der Waals surface area contributed by atoms with Crippen LogP contribution in [0.15, 0.2) is 0 Å². The maximum atomic E-state index is 12.0. The van der Waals surface area contributed by atoms with E-state index in [0.29, 0.717) is 32.2 Å². The standard InChI is InChI=1S/C16H30N2O2.ClH/c17-13-16(8-4-1-5-9-16)12-15(19)18-10-11-20-14-6-2-3-7-14;/h14H,1-13,17H2,(H,18,19);1H. The fourth-order valence-electron chi connectivity index (χ4n) is 3.63. The van der Waals surface area contributed by atoms with Crippen LogP contribution in [-0.2, 0) is 9.53 Å². The monoisotopic (exact) mass is 318 g/mol. The third-order valence-corrected chi connectivity index (χ3v) is 4.96. The maximum absolute atomic E-state index is 12.0. The fourth-order valence-corrected chi connectivity index (χ4v) is 3.63. The lowest BCUT2D eigenvalue weighted by atomic mass is 9.72. The van der Waals surface area contributed by atoms with Gasteiger partial charge in [0.25, 0.3) is 0 Å². The molecule has 0 bridgehead atoms. The van der Waals surface area contributed by atoms with Gasteiger partial charge in [-0.1, -0.05) is 32.1 Å². The van der Waals surface area contributed by atoms with Gasteiger partial charge in [0.2, 0.25) is 5.91 Å². The predicted octanol–water partition coefficient (Wildman–Crippen LogP) is 2.78. The minimum absolute atomic E-state index is 0. The second kappa shape index (κ2) is 9.65. The number of nitrogens with two attached hydrogens (primary N) is 1. The Kier molecular flexibility index (Phi) is 8.60. The summed E-state index contributed by atoms with van der Waals surface area (Å²) >= 11 is 0. The zero-order valence-corrected chi connectivity index (χ0v) is 13.9. The molecule has 0 heterocycles. The number of carbonyl (C=O) groups is 1. The van der Waals surface area contributed by atoms with Crippen molar-refractivity contribution in [1.29, 1.82) is 0 Å². The van der Waals surface area contributed by atoms with Crippen molar-refractivity contribution in [2.75, 3.05) is 19.7 Å². The SMILES string of the molecule is Cl.NCC1(CC(=O)NCCOC2CCCC2)CCCCC1. The lowest BCUT2D eigenvalue weighted by Crippen LogP contribution is -2.39. The van der Waals surface area contributed by atoms with E-state index in [1.165, 1.54) is 44.9 Å². The van der Waals surface area contributed by atoms with Gasteiger partial charge >= 0.3 is 0 Å². The zero-order valence-electron chi connectivity index (χ0n) is 13.1. The molecular weight excluding hydrogens is 288 g/mol. The minimum Gasteiger partial charge on any atom is -0.376 e. The lowest BCUT2D eigenvalue weighted by Gasteiger charge is -2.35. The summed E-state index contributed by atoms with van der Waals surface area (Å²) in [6, 6.07) is 0. The smallest absolute Gasteiger partial charge is 0.220 e. The van der Waals surface area contributed by atoms with E-state index in [9.17, 15) is 4.79 Å². The maximum Gasteiger partial charge on any atom is 0.220 e. The molecule has 2 rings (SSSR count). The van der Waals surface area contributed by atoms with Gasteiger partial charge in [-0.2, -0.15) is 0 Å². The van der Waals surface area contributed by atoms with E-state index in [1.54, 1.807) is 0 Å². The normalized spacial score (nSPS) is 21.8. The molecule has 0 atom stereocenters. The first kappa shape index (κ1) is 18.7. The van der Waals surface area contributed by atoms with Crippen molar-refractivity contribution >= 4 is 18.3 Å². The quantitative estimate of drug-likeness (QED) is 0.709. The molecule has 0 radical (unpaired) electrons. The molecule has 2 saturated carbocycles. The molecule has 1 amide bonds. The molecule has 21 heavy (non-hydrogen) atoms. The summed E-state index contributed by atoms with van der Waals surface area (Å²) in [5, 5.41) is 2.99. The van der Waals surface area contributed by atoms with Crippen molar-refractivity contribution < 1.29 is 9.53 Å². The molecule has 4 nitrogen and oxygen atoms in total. The van der Waals surface area contributed by atoms with Gasteiger partial charge in [-0.15, -0.1) is 12.4 Å². The third kappa shape index (κ3) is 6.13. The van der Waals surface area contributed by atoms with E-state index in [1.807, 2.05) is 0 Å². The van der Waals surface area contributed by atoms with Crippen molar-refractivity contribution in [3.63, 3.8) is 0 Å². The molecule has 0 aliphatic heterocycles. The number of rotatable bonds is 7. The number of ether oxygens (including phenoxy) is 1. The Morgan fingerprint density at radius 1 is 1.14 bits per heavy atom. The van der Waals surface area contributed by atoms with Gasteiger partial charge in [0, 0.05) is 13.0 Å². The van der Waals surface area contributed by atoms with Gasteiger partial charge in [-0.25, -0.2) is 0 Å². The first-order valence-electron chi connectivity index (χ1n) is 8.32. The van der Waals surface area contributed by atoms with Crippen LogP contribution < -0.4 is 11.1 Å². The molecule has 0 unspecified atom stereocenters.